The number of carbonyl (C=O) groups is 1. The standard InChI is InChI=1S/C16H12F3NO2/c17-16(18,19)13-4-2-1-3-9(13)7-14-11-6-5-10(20)8-12(11)15(21)22-14/h1-6,8,14H,7,20H2. The van der Waals surface area contributed by atoms with Crippen LogP contribution in [0.3, 0.4) is 0 Å². The Hall–Kier alpha value is -2.50. The molecule has 0 saturated carbocycles. The van der Waals surface area contributed by atoms with Crippen molar-refractivity contribution in [2.75, 3.05) is 5.73 Å². The molecule has 0 bridgehead atoms. The van der Waals surface area contributed by atoms with Gasteiger partial charge < -0.3 is 10.5 Å². The van der Waals surface area contributed by atoms with Crippen molar-refractivity contribution in [1.29, 1.82) is 0 Å². The Morgan fingerprint density at radius 2 is 1.86 bits per heavy atom. The first kappa shape index (κ1) is 14.4. The number of nitrogen functional groups attached to an aromatic ring is 1. The number of nitrogens with two attached hydrogens (primary N) is 1. The Balaban J connectivity index is 1.95. The molecule has 3 rings (SSSR count). The van der Waals surface area contributed by atoms with Gasteiger partial charge in [0.05, 0.1) is 11.1 Å². The summed E-state index contributed by atoms with van der Waals surface area (Å²) in [6.07, 6.45) is -5.20. The van der Waals surface area contributed by atoms with E-state index in [0.717, 1.165) is 6.07 Å². The molecule has 1 unspecified atom stereocenters. The molecule has 0 aliphatic carbocycles. The van der Waals surface area contributed by atoms with Crippen LogP contribution in [0.1, 0.15) is 33.2 Å². The fourth-order valence-electron chi connectivity index (χ4n) is 2.61. The molecule has 114 valence electrons. The maximum absolute atomic E-state index is 13.0. The minimum absolute atomic E-state index is 0.0294. The van der Waals surface area contributed by atoms with Gasteiger partial charge in [0.1, 0.15) is 6.10 Å². The molecular formula is C16H12F3NO2. The number of halogens is 3. The monoisotopic (exact) mass is 307 g/mol. The lowest BCUT2D eigenvalue weighted by Crippen LogP contribution is -2.12. The number of anilines is 1. The lowest BCUT2D eigenvalue weighted by atomic mass is 9.96. The van der Waals surface area contributed by atoms with Gasteiger partial charge in [-0.15, -0.1) is 0 Å². The number of ether oxygens (including phenoxy) is 1. The summed E-state index contributed by atoms with van der Waals surface area (Å²) in [7, 11) is 0. The van der Waals surface area contributed by atoms with Crippen molar-refractivity contribution in [3.63, 3.8) is 0 Å². The minimum atomic E-state index is -4.44. The molecule has 0 fully saturated rings. The summed E-state index contributed by atoms with van der Waals surface area (Å²) < 4.78 is 44.3. The highest BCUT2D eigenvalue weighted by Gasteiger charge is 2.36. The second-order valence-corrected chi connectivity index (χ2v) is 5.10. The molecule has 2 aromatic rings. The molecule has 2 aromatic carbocycles. The predicted molar refractivity (Wildman–Crippen MR) is 74.2 cm³/mol. The molecule has 6 heteroatoms. The first-order chi connectivity index (χ1) is 10.4. The van der Waals surface area contributed by atoms with E-state index in [4.69, 9.17) is 10.5 Å². The Bertz CT molecular complexity index is 740. The summed E-state index contributed by atoms with van der Waals surface area (Å²) in [4.78, 5) is 11.8. The molecule has 0 spiro atoms. The van der Waals surface area contributed by atoms with Crippen LogP contribution in [0.15, 0.2) is 42.5 Å². The lowest BCUT2D eigenvalue weighted by molar-refractivity contribution is -0.138. The zero-order valence-electron chi connectivity index (χ0n) is 11.4. The molecular weight excluding hydrogens is 295 g/mol. The third-order valence-corrected chi connectivity index (χ3v) is 3.62. The number of cyclic esters (lactones) is 1. The SMILES string of the molecule is Nc1ccc2c(c1)C(=O)OC2Cc1ccccc1C(F)(F)F. The molecule has 1 atom stereocenters. The van der Waals surface area contributed by atoms with Gasteiger partial charge in [0.25, 0.3) is 0 Å². The Morgan fingerprint density at radius 1 is 1.14 bits per heavy atom. The fourth-order valence-corrected chi connectivity index (χ4v) is 2.61. The van der Waals surface area contributed by atoms with Gasteiger partial charge in [-0.05, 0) is 23.8 Å². The van der Waals surface area contributed by atoms with E-state index < -0.39 is 23.8 Å². The van der Waals surface area contributed by atoms with Gasteiger partial charge in [0, 0.05) is 17.7 Å². The topological polar surface area (TPSA) is 52.3 Å². The number of fused-ring (bicyclic) bond motifs is 1. The smallest absolute Gasteiger partial charge is 0.416 e. The summed E-state index contributed by atoms with van der Waals surface area (Å²) >= 11 is 0. The van der Waals surface area contributed by atoms with Crippen molar-refractivity contribution >= 4 is 11.7 Å². The molecule has 22 heavy (non-hydrogen) atoms. The molecule has 0 radical (unpaired) electrons. The first-order valence-corrected chi connectivity index (χ1v) is 6.62. The van der Waals surface area contributed by atoms with Crippen molar-refractivity contribution in [1.82, 2.24) is 0 Å². The first-order valence-electron chi connectivity index (χ1n) is 6.62. The summed E-state index contributed by atoms with van der Waals surface area (Å²) in [5, 5.41) is 0. The molecule has 1 aliphatic heterocycles. The van der Waals surface area contributed by atoms with Crippen molar-refractivity contribution in [3.8, 4) is 0 Å². The summed E-state index contributed by atoms with van der Waals surface area (Å²) in [5.74, 6) is -0.559. The van der Waals surface area contributed by atoms with Crippen LogP contribution in [0.4, 0.5) is 18.9 Å². The van der Waals surface area contributed by atoms with Gasteiger partial charge in [0.2, 0.25) is 0 Å². The van der Waals surface area contributed by atoms with Gasteiger partial charge >= 0.3 is 12.1 Å². The van der Waals surface area contributed by atoms with Gasteiger partial charge in [-0.1, -0.05) is 24.3 Å². The Morgan fingerprint density at radius 3 is 2.59 bits per heavy atom. The van der Waals surface area contributed by atoms with Crippen LogP contribution >= 0.6 is 0 Å². The van der Waals surface area contributed by atoms with Crippen molar-refractivity contribution in [2.24, 2.45) is 0 Å². The van der Waals surface area contributed by atoms with E-state index in [1.807, 2.05) is 0 Å². The van der Waals surface area contributed by atoms with Gasteiger partial charge in [-0.3, -0.25) is 0 Å². The maximum atomic E-state index is 13.0. The number of benzene rings is 2. The summed E-state index contributed by atoms with van der Waals surface area (Å²) in [6.45, 7) is 0. The van der Waals surface area contributed by atoms with E-state index in [1.165, 1.54) is 24.3 Å². The van der Waals surface area contributed by atoms with Gasteiger partial charge in [0.15, 0.2) is 0 Å². The number of alkyl halides is 3. The Kier molecular flexibility index (Phi) is 3.31. The molecule has 0 aromatic heterocycles. The second kappa shape index (κ2) is 5.05. The highest BCUT2D eigenvalue weighted by atomic mass is 19.4. The molecule has 1 heterocycles. The van der Waals surface area contributed by atoms with E-state index in [-0.39, 0.29) is 12.0 Å². The van der Waals surface area contributed by atoms with Gasteiger partial charge in [-0.25, -0.2) is 4.79 Å². The van der Waals surface area contributed by atoms with Crippen molar-refractivity contribution < 1.29 is 22.7 Å². The summed E-state index contributed by atoms with van der Waals surface area (Å²) in [6, 6.07) is 9.99. The second-order valence-electron chi connectivity index (χ2n) is 5.10. The number of hydrogen-bond acceptors (Lipinski definition) is 3. The summed E-state index contributed by atoms with van der Waals surface area (Å²) in [5.41, 5.74) is 6.29. The molecule has 0 amide bonds. The number of carbonyl (C=O) groups excluding carboxylic acids is 1. The van der Waals surface area contributed by atoms with E-state index in [1.54, 1.807) is 12.1 Å². The highest BCUT2D eigenvalue weighted by Crippen LogP contribution is 2.38. The predicted octanol–water partition coefficient (Wildman–Crippen LogP) is 3.74. The quantitative estimate of drug-likeness (QED) is 0.679. The van der Waals surface area contributed by atoms with E-state index in [9.17, 15) is 18.0 Å². The molecule has 0 saturated heterocycles. The maximum Gasteiger partial charge on any atom is 0.416 e. The zero-order chi connectivity index (χ0) is 15.9. The third kappa shape index (κ3) is 2.52. The number of rotatable bonds is 2. The van der Waals surface area contributed by atoms with Crippen LogP contribution in [0.2, 0.25) is 0 Å². The molecule has 2 N–H and O–H groups in total. The van der Waals surface area contributed by atoms with E-state index >= 15 is 0 Å². The largest absolute Gasteiger partial charge is 0.454 e. The van der Waals surface area contributed by atoms with Crippen molar-refractivity contribution in [3.05, 3.63) is 64.7 Å². The average molecular weight is 307 g/mol. The van der Waals surface area contributed by atoms with Crippen LogP contribution in [0.25, 0.3) is 0 Å². The van der Waals surface area contributed by atoms with E-state index in [2.05, 4.69) is 0 Å². The normalized spacial score (nSPS) is 17.2. The van der Waals surface area contributed by atoms with Gasteiger partial charge in [-0.2, -0.15) is 13.2 Å². The van der Waals surface area contributed by atoms with Crippen LogP contribution in [-0.2, 0) is 17.3 Å². The minimum Gasteiger partial charge on any atom is -0.454 e. The van der Waals surface area contributed by atoms with Crippen LogP contribution < -0.4 is 5.73 Å². The fraction of sp³-hybridized carbons (Fsp3) is 0.188. The molecule has 3 nitrogen and oxygen atoms in total. The number of hydrogen-bond donors (Lipinski definition) is 1. The Labute approximate surface area is 124 Å². The third-order valence-electron chi connectivity index (χ3n) is 3.62. The van der Waals surface area contributed by atoms with E-state index in [0.29, 0.717) is 16.8 Å². The molecule has 1 aliphatic rings. The lowest BCUT2D eigenvalue weighted by Gasteiger charge is -2.16. The van der Waals surface area contributed by atoms with Crippen molar-refractivity contribution in [2.45, 2.75) is 18.7 Å². The highest BCUT2D eigenvalue weighted by molar-refractivity contribution is 5.95. The van der Waals surface area contributed by atoms with Crippen LogP contribution in [0.5, 0.6) is 0 Å². The zero-order valence-corrected chi connectivity index (χ0v) is 11.4. The van der Waals surface area contributed by atoms with Crippen LogP contribution in [-0.4, -0.2) is 5.97 Å². The number of esters is 1. The van der Waals surface area contributed by atoms with Crippen LogP contribution in [0, 0.1) is 0 Å². The average Bonchev–Trinajstić information content (AvgIpc) is 2.74.